The van der Waals surface area contributed by atoms with Gasteiger partial charge in [-0.1, -0.05) is 29.8 Å². The normalized spacial score (nSPS) is 12.7. The van der Waals surface area contributed by atoms with Crippen LogP contribution in [-0.2, 0) is 21.3 Å². The van der Waals surface area contributed by atoms with Crippen LogP contribution in [0.3, 0.4) is 0 Å². The van der Waals surface area contributed by atoms with Crippen LogP contribution < -0.4 is 9.44 Å². The van der Waals surface area contributed by atoms with Gasteiger partial charge in [0.1, 0.15) is 0 Å². The van der Waals surface area contributed by atoms with Crippen LogP contribution in [0, 0.1) is 0 Å². The molecule has 1 unspecified atom stereocenters. The van der Waals surface area contributed by atoms with Gasteiger partial charge in [0.2, 0.25) is 0 Å². The number of halogens is 1. The first-order valence-corrected chi connectivity index (χ1v) is 8.60. The van der Waals surface area contributed by atoms with Crippen LogP contribution in [0.15, 0.2) is 53.4 Å². The molecular formula is C12H11ClN2O4S2. The van der Waals surface area contributed by atoms with Crippen molar-refractivity contribution in [3.63, 3.8) is 0 Å². The second-order valence-electron chi connectivity index (χ2n) is 3.96. The Bertz CT molecular complexity index is 766. The Morgan fingerprint density at radius 1 is 1.05 bits per heavy atom. The summed E-state index contributed by atoms with van der Waals surface area (Å²) in [6.45, 7) is 0. The van der Waals surface area contributed by atoms with E-state index < -0.39 is 21.3 Å². The average Bonchev–Trinajstić information content (AvgIpc) is 2.42. The summed E-state index contributed by atoms with van der Waals surface area (Å²) < 4.78 is 48.7. The van der Waals surface area contributed by atoms with E-state index in [2.05, 4.69) is 9.44 Å². The van der Waals surface area contributed by atoms with E-state index in [9.17, 15) is 12.6 Å². The van der Waals surface area contributed by atoms with Crippen molar-refractivity contribution < 1.29 is 17.2 Å². The molecule has 0 spiro atoms. The molecule has 0 radical (unpaired) electrons. The highest BCUT2D eigenvalue weighted by Crippen LogP contribution is 2.28. The van der Waals surface area contributed by atoms with Crippen molar-refractivity contribution in [2.24, 2.45) is 0 Å². The van der Waals surface area contributed by atoms with E-state index in [1.807, 2.05) is 0 Å². The van der Waals surface area contributed by atoms with Crippen LogP contribution in [0.2, 0.25) is 5.02 Å². The van der Waals surface area contributed by atoms with Crippen LogP contribution in [-0.4, -0.2) is 17.2 Å². The van der Waals surface area contributed by atoms with Crippen LogP contribution in [0.5, 0.6) is 0 Å². The van der Waals surface area contributed by atoms with E-state index in [1.54, 1.807) is 18.2 Å². The molecule has 0 fully saturated rings. The topological polar surface area (TPSA) is 95.5 Å². The van der Waals surface area contributed by atoms with Crippen LogP contribution in [0.25, 0.3) is 0 Å². The molecule has 0 saturated heterocycles. The molecule has 3 N–H and O–H groups in total. The summed E-state index contributed by atoms with van der Waals surface area (Å²) in [4.78, 5) is 0.0796. The minimum absolute atomic E-state index is 0.0796. The van der Waals surface area contributed by atoms with Crippen molar-refractivity contribution in [2.45, 2.75) is 4.90 Å². The molecule has 1 atom stereocenters. The number of hydrogen-bond donors (Lipinski definition) is 3. The molecule has 2 aromatic rings. The third kappa shape index (κ3) is 4.18. The quantitative estimate of drug-likeness (QED) is 0.725. The Balaban J connectivity index is 2.37. The van der Waals surface area contributed by atoms with Gasteiger partial charge in [0.15, 0.2) is 0 Å². The number of rotatable bonds is 5. The summed E-state index contributed by atoms with van der Waals surface area (Å²) in [5.74, 6) is 0. The molecule has 112 valence electrons. The Labute approximate surface area is 129 Å². The lowest BCUT2D eigenvalue weighted by molar-refractivity contribution is 0.570. The number of nitrogens with one attached hydrogen (secondary N) is 2. The Hall–Kier alpha value is -1.61. The lowest BCUT2D eigenvalue weighted by Crippen LogP contribution is -2.15. The van der Waals surface area contributed by atoms with Crippen molar-refractivity contribution in [1.29, 1.82) is 0 Å². The molecule has 0 amide bonds. The first kappa shape index (κ1) is 15.8. The third-order valence-electron chi connectivity index (χ3n) is 2.48. The summed E-state index contributed by atoms with van der Waals surface area (Å²) in [6, 6.07) is 12.0. The summed E-state index contributed by atoms with van der Waals surface area (Å²) in [6.07, 6.45) is 0. The van der Waals surface area contributed by atoms with Crippen LogP contribution in [0.4, 0.5) is 11.4 Å². The summed E-state index contributed by atoms with van der Waals surface area (Å²) in [5, 5.41) is 0.297. The monoisotopic (exact) mass is 346 g/mol. The highest BCUT2D eigenvalue weighted by atomic mass is 35.5. The van der Waals surface area contributed by atoms with Crippen molar-refractivity contribution in [1.82, 2.24) is 0 Å². The zero-order valence-electron chi connectivity index (χ0n) is 10.5. The first-order chi connectivity index (χ1) is 9.88. The second-order valence-corrected chi connectivity index (χ2v) is 6.78. The number of anilines is 2. The molecule has 6 nitrogen and oxygen atoms in total. The minimum atomic E-state index is -3.80. The molecule has 2 aromatic carbocycles. The zero-order valence-corrected chi connectivity index (χ0v) is 12.9. The SMILES string of the molecule is O=S(O)Nc1cc(Cl)ccc1NS(=O)(=O)c1ccccc1. The van der Waals surface area contributed by atoms with Gasteiger partial charge in [-0.05, 0) is 30.3 Å². The maximum absolute atomic E-state index is 12.2. The predicted octanol–water partition coefficient (Wildman–Crippen LogP) is 2.69. The van der Waals surface area contributed by atoms with Crippen molar-refractivity contribution in [2.75, 3.05) is 9.44 Å². The van der Waals surface area contributed by atoms with Gasteiger partial charge < -0.3 is 0 Å². The van der Waals surface area contributed by atoms with Crippen LogP contribution >= 0.6 is 11.6 Å². The Kier molecular flexibility index (Phi) is 4.84. The van der Waals surface area contributed by atoms with E-state index >= 15 is 0 Å². The van der Waals surface area contributed by atoms with Crippen molar-refractivity contribution >= 4 is 44.3 Å². The fraction of sp³-hybridized carbons (Fsp3) is 0. The largest absolute Gasteiger partial charge is 0.289 e. The second kappa shape index (κ2) is 6.44. The molecule has 0 aliphatic rings. The molecule has 21 heavy (non-hydrogen) atoms. The van der Waals surface area contributed by atoms with Gasteiger partial charge >= 0.3 is 0 Å². The van der Waals surface area contributed by atoms with Gasteiger partial charge in [-0.3, -0.25) is 14.0 Å². The molecular weight excluding hydrogens is 336 g/mol. The number of hydrogen-bond acceptors (Lipinski definition) is 3. The fourth-order valence-electron chi connectivity index (χ4n) is 1.59. The summed E-state index contributed by atoms with van der Waals surface area (Å²) in [7, 11) is -3.80. The smallest absolute Gasteiger partial charge is 0.261 e. The van der Waals surface area contributed by atoms with Gasteiger partial charge in [0.05, 0.1) is 16.3 Å². The minimum Gasteiger partial charge on any atom is -0.289 e. The molecule has 0 heterocycles. The first-order valence-electron chi connectivity index (χ1n) is 5.63. The molecule has 0 saturated carbocycles. The molecule has 2 rings (SSSR count). The van der Waals surface area contributed by atoms with E-state index in [1.165, 1.54) is 30.3 Å². The van der Waals surface area contributed by atoms with E-state index in [0.29, 0.717) is 5.02 Å². The predicted molar refractivity (Wildman–Crippen MR) is 83.1 cm³/mol. The lowest BCUT2D eigenvalue weighted by atomic mass is 10.3. The van der Waals surface area contributed by atoms with Gasteiger partial charge in [-0.15, -0.1) is 0 Å². The highest BCUT2D eigenvalue weighted by Gasteiger charge is 2.16. The van der Waals surface area contributed by atoms with Gasteiger partial charge in [0.25, 0.3) is 21.3 Å². The summed E-state index contributed by atoms with van der Waals surface area (Å²) >= 11 is 3.44. The van der Waals surface area contributed by atoms with E-state index in [0.717, 1.165) is 0 Å². The Morgan fingerprint density at radius 2 is 1.71 bits per heavy atom. The maximum Gasteiger partial charge on any atom is 0.261 e. The molecule has 0 aliphatic carbocycles. The van der Waals surface area contributed by atoms with Gasteiger partial charge in [-0.2, -0.15) is 0 Å². The molecule has 0 bridgehead atoms. The highest BCUT2D eigenvalue weighted by molar-refractivity contribution is 7.92. The van der Waals surface area contributed by atoms with E-state index in [-0.39, 0.29) is 16.3 Å². The average molecular weight is 347 g/mol. The van der Waals surface area contributed by atoms with Crippen molar-refractivity contribution in [3.8, 4) is 0 Å². The molecule has 9 heteroatoms. The number of benzene rings is 2. The lowest BCUT2D eigenvalue weighted by Gasteiger charge is -2.12. The maximum atomic E-state index is 12.2. The van der Waals surface area contributed by atoms with Crippen molar-refractivity contribution in [3.05, 3.63) is 53.6 Å². The number of sulfonamides is 1. The Morgan fingerprint density at radius 3 is 2.33 bits per heavy atom. The molecule has 0 aliphatic heterocycles. The summed E-state index contributed by atoms with van der Waals surface area (Å²) in [5.41, 5.74) is 0.216. The molecule has 0 aromatic heterocycles. The third-order valence-corrected chi connectivity index (χ3v) is 4.49. The van der Waals surface area contributed by atoms with Gasteiger partial charge in [-0.25, -0.2) is 12.6 Å². The fourth-order valence-corrected chi connectivity index (χ4v) is 3.22. The zero-order chi connectivity index (χ0) is 15.5. The standard InChI is InChI=1S/C12H11ClN2O4S2/c13-9-6-7-11(12(8-9)14-20(16)17)15-21(18,19)10-4-2-1-3-5-10/h1-8,14-15H,(H,16,17). The van der Waals surface area contributed by atoms with Gasteiger partial charge in [0, 0.05) is 5.02 Å². The van der Waals surface area contributed by atoms with Crippen LogP contribution in [0.1, 0.15) is 0 Å². The van der Waals surface area contributed by atoms with E-state index in [4.69, 9.17) is 16.2 Å².